The van der Waals surface area contributed by atoms with E-state index in [1.807, 2.05) is 61.7 Å². The average Bonchev–Trinajstić information content (AvgIpc) is 3.17. The molecule has 146 valence electrons. The molecule has 0 spiro atoms. The van der Waals surface area contributed by atoms with Crippen LogP contribution in [0.3, 0.4) is 0 Å². The largest absolute Gasteiger partial charge is 0.360 e. The fourth-order valence-electron chi connectivity index (χ4n) is 3.08. The fourth-order valence-corrected chi connectivity index (χ4v) is 3.08. The Morgan fingerprint density at radius 2 is 1.82 bits per heavy atom. The van der Waals surface area contributed by atoms with E-state index < -0.39 is 0 Å². The summed E-state index contributed by atoms with van der Waals surface area (Å²) in [5, 5.41) is 8.19. The molecule has 0 saturated heterocycles. The molecule has 28 heavy (non-hydrogen) atoms. The van der Waals surface area contributed by atoms with E-state index in [1.165, 1.54) is 5.56 Å². The Hall–Kier alpha value is -3.15. The van der Waals surface area contributed by atoms with Gasteiger partial charge in [0.1, 0.15) is 5.76 Å². The minimum atomic E-state index is -0.238. The third-order valence-corrected chi connectivity index (χ3v) is 4.70. The minimum Gasteiger partial charge on any atom is -0.360 e. The second kappa shape index (κ2) is 7.46. The number of nitrogens with zero attached hydrogens (tertiary/aromatic N) is 3. The average molecular weight is 378 g/mol. The van der Waals surface area contributed by atoms with Gasteiger partial charge in [0.2, 0.25) is 0 Å². The highest BCUT2D eigenvalue weighted by Crippen LogP contribution is 2.22. The Morgan fingerprint density at radius 1 is 1.14 bits per heavy atom. The van der Waals surface area contributed by atoms with Gasteiger partial charge in [0.15, 0.2) is 5.82 Å². The highest BCUT2D eigenvalue weighted by Gasteiger charge is 2.15. The zero-order valence-electron chi connectivity index (χ0n) is 17.2. The van der Waals surface area contributed by atoms with Gasteiger partial charge in [-0.2, -0.15) is 5.10 Å². The second-order valence-corrected chi connectivity index (χ2v) is 7.98. The van der Waals surface area contributed by atoms with E-state index in [0.29, 0.717) is 5.56 Å². The van der Waals surface area contributed by atoms with E-state index in [9.17, 15) is 4.79 Å². The molecule has 1 N–H and O–H groups in total. The highest BCUT2D eigenvalue weighted by molar-refractivity contribution is 5.95. The molecule has 2 aromatic heterocycles. The van der Waals surface area contributed by atoms with Crippen molar-refractivity contribution in [2.75, 3.05) is 0 Å². The van der Waals surface area contributed by atoms with Crippen molar-refractivity contribution in [1.82, 2.24) is 15.1 Å². The quantitative estimate of drug-likeness (QED) is 0.538. The second-order valence-electron chi connectivity index (χ2n) is 7.98. The van der Waals surface area contributed by atoms with Crippen molar-refractivity contribution in [2.45, 2.75) is 47.0 Å². The normalized spacial score (nSPS) is 11.9. The number of hydrogen-bond donors (Lipinski definition) is 1. The van der Waals surface area contributed by atoms with Gasteiger partial charge in [-0.1, -0.05) is 38.1 Å². The Labute approximate surface area is 165 Å². The molecule has 0 atom stereocenters. The van der Waals surface area contributed by atoms with Gasteiger partial charge in [0, 0.05) is 28.6 Å². The first-order chi connectivity index (χ1) is 13.2. The van der Waals surface area contributed by atoms with Crippen LogP contribution in [0, 0.1) is 20.8 Å². The molecule has 0 bridgehead atoms. The molecule has 0 fully saturated rings. The SMILES string of the molecule is Cc1cc(-n2c(C)cc(/C=N\NC(=O)c3ccc(C(C)(C)C)cc3)c2C)no1. The molecule has 0 radical (unpaired) electrons. The van der Waals surface area contributed by atoms with Crippen molar-refractivity contribution in [3.63, 3.8) is 0 Å². The first kappa shape index (κ1) is 19.6. The van der Waals surface area contributed by atoms with E-state index in [0.717, 1.165) is 28.5 Å². The van der Waals surface area contributed by atoms with Crippen LogP contribution in [0.15, 0.2) is 46.0 Å². The molecule has 6 heteroatoms. The van der Waals surface area contributed by atoms with E-state index in [2.05, 4.69) is 36.5 Å². The summed E-state index contributed by atoms with van der Waals surface area (Å²) in [6.07, 6.45) is 1.65. The van der Waals surface area contributed by atoms with Crippen molar-refractivity contribution in [3.05, 3.63) is 70.2 Å². The molecule has 0 aliphatic carbocycles. The third kappa shape index (κ3) is 4.06. The van der Waals surface area contributed by atoms with Crippen LogP contribution in [0.1, 0.15) is 59.4 Å². The van der Waals surface area contributed by atoms with Crippen LogP contribution < -0.4 is 5.43 Å². The van der Waals surface area contributed by atoms with Gasteiger partial charge >= 0.3 is 0 Å². The van der Waals surface area contributed by atoms with Crippen LogP contribution in [0.2, 0.25) is 0 Å². The van der Waals surface area contributed by atoms with Crippen LogP contribution in [-0.4, -0.2) is 21.8 Å². The molecule has 1 amide bonds. The lowest BCUT2D eigenvalue weighted by atomic mass is 9.87. The van der Waals surface area contributed by atoms with Crippen LogP contribution in [0.4, 0.5) is 0 Å². The lowest BCUT2D eigenvalue weighted by Crippen LogP contribution is -2.18. The topological polar surface area (TPSA) is 72.4 Å². The number of nitrogens with one attached hydrogen (secondary N) is 1. The number of benzene rings is 1. The first-order valence-electron chi connectivity index (χ1n) is 9.23. The summed E-state index contributed by atoms with van der Waals surface area (Å²) in [6.45, 7) is 12.3. The van der Waals surface area contributed by atoms with Gasteiger partial charge in [-0.15, -0.1) is 0 Å². The summed E-state index contributed by atoms with van der Waals surface area (Å²) >= 11 is 0. The number of amides is 1. The molecule has 0 unspecified atom stereocenters. The van der Waals surface area contributed by atoms with Crippen LogP contribution in [0.25, 0.3) is 5.82 Å². The van der Waals surface area contributed by atoms with Gasteiger partial charge in [-0.25, -0.2) is 5.43 Å². The number of carbonyl (C=O) groups is 1. The molecular weight excluding hydrogens is 352 g/mol. The molecule has 3 rings (SSSR count). The van der Waals surface area contributed by atoms with Gasteiger partial charge in [-0.05, 0) is 49.9 Å². The summed E-state index contributed by atoms with van der Waals surface area (Å²) < 4.78 is 7.16. The van der Waals surface area contributed by atoms with Crippen molar-refractivity contribution < 1.29 is 9.32 Å². The number of hydrazone groups is 1. The number of carbonyl (C=O) groups excluding carboxylic acids is 1. The van der Waals surface area contributed by atoms with E-state index >= 15 is 0 Å². The van der Waals surface area contributed by atoms with Crippen molar-refractivity contribution in [2.24, 2.45) is 5.10 Å². The predicted octanol–water partition coefficient (Wildman–Crippen LogP) is 4.45. The van der Waals surface area contributed by atoms with Crippen LogP contribution >= 0.6 is 0 Å². The number of aromatic nitrogens is 2. The van der Waals surface area contributed by atoms with E-state index in [-0.39, 0.29) is 11.3 Å². The smallest absolute Gasteiger partial charge is 0.271 e. The van der Waals surface area contributed by atoms with Crippen molar-refractivity contribution >= 4 is 12.1 Å². The number of aryl methyl sites for hydroxylation is 2. The summed E-state index contributed by atoms with van der Waals surface area (Å²) in [6, 6.07) is 11.5. The van der Waals surface area contributed by atoms with Crippen LogP contribution in [0.5, 0.6) is 0 Å². The van der Waals surface area contributed by atoms with Crippen LogP contribution in [-0.2, 0) is 5.41 Å². The molecule has 0 saturated carbocycles. The molecule has 1 aromatic carbocycles. The molecule has 0 aliphatic heterocycles. The molecule has 6 nitrogen and oxygen atoms in total. The van der Waals surface area contributed by atoms with Gasteiger partial charge in [-0.3, -0.25) is 9.36 Å². The third-order valence-electron chi connectivity index (χ3n) is 4.70. The summed E-state index contributed by atoms with van der Waals surface area (Å²) in [5.74, 6) is 1.25. The Balaban J connectivity index is 1.72. The minimum absolute atomic E-state index is 0.0537. The van der Waals surface area contributed by atoms with Crippen molar-refractivity contribution in [3.8, 4) is 5.82 Å². The lowest BCUT2D eigenvalue weighted by molar-refractivity contribution is 0.0955. The Kier molecular flexibility index (Phi) is 5.23. The maximum Gasteiger partial charge on any atom is 0.271 e. The molecule has 3 aromatic rings. The van der Waals surface area contributed by atoms with Crippen molar-refractivity contribution in [1.29, 1.82) is 0 Å². The predicted molar refractivity (Wildman–Crippen MR) is 110 cm³/mol. The molecular formula is C22H26N4O2. The zero-order chi connectivity index (χ0) is 20.5. The maximum absolute atomic E-state index is 12.3. The zero-order valence-corrected chi connectivity index (χ0v) is 17.2. The summed E-state index contributed by atoms with van der Waals surface area (Å²) in [5.41, 5.74) is 7.29. The number of rotatable bonds is 4. The monoisotopic (exact) mass is 378 g/mol. The van der Waals surface area contributed by atoms with E-state index in [1.54, 1.807) is 6.21 Å². The number of hydrogen-bond acceptors (Lipinski definition) is 4. The Bertz CT molecular complexity index is 1020. The maximum atomic E-state index is 12.3. The fraction of sp³-hybridized carbons (Fsp3) is 0.318. The van der Waals surface area contributed by atoms with Gasteiger partial charge in [0.05, 0.1) is 6.21 Å². The lowest BCUT2D eigenvalue weighted by Gasteiger charge is -2.18. The van der Waals surface area contributed by atoms with E-state index in [4.69, 9.17) is 4.52 Å². The standard InChI is InChI=1S/C22H26N4O2/c1-14-11-18(16(3)26(14)20-12-15(2)28-25-20)13-23-24-21(27)17-7-9-19(10-8-17)22(4,5)6/h7-13H,1-6H3,(H,24,27)/b23-13-. The molecule has 0 aliphatic rings. The first-order valence-corrected chi connectivity index (χ1v) is 9.23. The highest BCUT2D eigenvalue weighted by atomic mass is 16.5. The summed E-state index contributed by atoms with van der Waals surface area (Å²) in [4.78, 5) is 12.3. The molecule has 2 heterocycles. The van der Waals surface area contributed by atoms with Gasteiger partial charge < -0.3 is 4.52 Å². The Morgan fingerprint density at radius 3 is 2.39 bits per heavy atom. The van der Waals surface area contributed by atoms with Gasteiger partial charge in [0.25, 0.3) is 5.91 Å². The summed E-state index contributed by atoms with van der Waals surface area (Å²) in [7, 11) is 0.